The second-order valence-corrected chi connectivity index (χ2v) is 8.95. The largest absolute Gasteiger partial charge is 0.497 e. The van der Waals surface area contributed by atoms with Gasteiger partial charge in [0, 0.05) is 12.6 Å². The summed E-state index contributed by atoms with van der Waals surface area (Å²) in [4.78, 5) is 14.8. The Morgan fingerprint density at radius 1 is 1.09 bits per heavy atom. The lowest BCUT2D eigenvalue weighted by Gasteiger charge is -2.23. The molecule has 3 heterocycles. The first-order chi connectivity index (χ1) is 15.6. The van der Waals surface area contributed by atoms with Crippen molar-refractivity contribution in [2.45, 2.75) is 39.3 Å². The molecule has 5 rings (SSSR count). The molecule has 7 nitrogen and oxygen atoms in total. The summed E-state index contributed by atoms with van der Waals surface area (Å²) in [5.74, 6) is 3.31. The number of methoxy groups -OCH3 is 1. The molecule has 2 aromatic carbocycles. The van der Waals surface area contributed by atoms with E-state index in [2.05, 4.69) is 24.0 Å². The lowest BCUT2D eigenvalue weighted by Crippen LogP contribution is -2.31. The van der Waals surface area contributed by atoms with E-state index in [0.717, 1.165) is 49.4 Å². The summed E-state index contributed by atoms with van der Waals surface area (Å²) in [6.45, 7) is 5.19. The molecule has 0 aliphatic carbocycles. The summed E-state index contributed by atoms with van der Waals surface area (Å²) in [6, 6.07) is 11.8. The van der Waals surface area contributed by atoms with Gasteiger partial charge in [-0.3, -0.25) is 9.47 Å². The number of hydrogen-bond donors (Lipinski definition) is 0. The molecule has 170 valence electrons. The Morgan fingerprint density at radius 3 is 2.84 bits per heavy atom. The average Bonchev–Trinajstić information content (AvgIpc) is 3.29. The van der Waals surface area contributed by atoms with E-state index in [1.807, 2.05) is 18.2 Å². The highest BCUT2D eigenvalue weighted by Gasteiger charge is 2.24. The molecule has 2 aliphatic rings. The van der Waals surface area contributed by atoms with Crippen molar-refractivity contribution < 1.29 is 18.6 Å². The third-order valence-corrected chi connectivity index (χ3v) is 6.88. The van der Waals surface area contributed by atoms with Crippen LogP contribution in [0.15, 0.2) is 45.6 Å². The third kappa shape index (κ3) is 4.21. The maximum Gasteiger partial charge on any atom is 0.421 e. The van der Waals surface area contributed by atoms with Gasteiger partial charge >= 0.3 is 5.76 Å². The molecule has 2 aliphatic heterocycles. The zero-order chi connectivity index (χ0) is 22.1. The molecule has 0 saturated carbocycles. The van der Waals surface area contributed by atoms with Crippen LogP contribution in [-0.4, -0.2) is 36.5 Å². The molecule has 2 atom stereocenters. The molecule has 0 radical (unpaired) electrons. The average molecular weight is 439 g/mol. The molecule has 1 saturated heterocycles. The van der Waals surface area contributed by atoms with E-state index in [9.17, 15) is 4.79 Å². The predicted octanol–water partition coefficient (Wildman–Crippen LogP) is 4.27. The van der Waals surface area contributed by atoms with Gasteiger partial charge in [-0.05, 0) is 73.9 Å². The maximum atomic E-state index is 12.5. The van der Waals surface area contributed by atoms with Crippen molar-refractivity contribution in [2.75, 3.05) is 27.0 Å². The van der Waals surface area contributed by atoms with Gasteiger partial charge in [0.15, 0.2) is 17.1 Å². The van der Waals surface area contributed by atoms with Crippen LogP contribution in [0.25, 0.3) is 11.1 Å². The second kappa shape index (κ2) is 8.90. The van der Waals surface area contributed by atoms with Crippen molar-refractivity contribution in [3.63, 3.8) is 0 Å². The number of oxazole rings is 1. The van der Waals surface area contributed by atoms with Gasteiger partial charge < -0.3 is 18.6 Å². The summed E-state index contributed by atoms with van der Waals surface area (Å²) < 4.78 is 23.4. The minimum atomic E-state index is -0.315. The lowest BCUT2D eigenvalue weighted by molar-refractivity contribution is 0.174. The number of likely N-dealkylation sites (tertiary alicyclic amines) is 1. The topological polar surface area (TPSA) is 66.1 Å². The van der Waals surface area contributed by atoms with Gasteiger partial charge in [-0.2, -0.15) is 0 Å². The van der Waals surface area contributed by atoms with E-state index in [1.54, 1.807) is 17.7 Å². The van der Waals surface area contributed by atoms with E-state index < -0.39 is 0 Å². The van der Waals surface area contributed by atoms with Gasteiger partial charge in [0.2, 0.25) is 6.79 Å². The zero-order valence-corrected chi connectivity index (χ0v) is 18.7. The Hall–Kier alpha value is -2.93. The van der Waals surface area contributed by atoms with Crippen molar-refractivity contribution in [1.29, 1.82) is 0 Å². The van der Waals surface area contributed by atoms with Crippen molar-refractivity contribution in [3.8, 4) is 17.2 Å². The molecule has 0 amide bonds. The monoisotopic (exact) mass is 438 g/mol. The van der Waals surface area contributed by atoms with Crippen molar-refractivity contribution in [2.24, 2.45) is 11.8 Å². The Morgan fingerprint density at radius 2 is 1.97 bits per heavy atom. The fourth-order valence-corrected chi connectivity index (χ4v) is 5.01. The molecule has 7 heteroatoms. The number of aromatic nitrogens is 1. The molecule has 32 heavy (non-hydrogen) atoms. The maximum absolute atomic E-state index is 12.5. The molecular formula is C25H30N2O5. The van der Waals surface area contributed by atoms with Crippen LogP contribution in [0.1, 0.15) is 31.7 Å². The van der Waals surface area contributed by atoms with Crippen LogP contribution in [0.2, 0.25) is 0 Å². The number of nitrogens with zero attached hydrogens (tertiary/aromatic N) is 2. The van der Waals surface area contributed by atoms with Crippen LogP contribution < -0.4 is 20.0 Å². The lowest BCUT2D eigenvalue weighted by atomic mass is 9.83. The summed E-state index contributed by atoms with van der Waals surface area (Å²) in [6.07, 6.45) is 4.51. The number of benzene rings is 2. The Balaban J connectivity index is 1.22. The summed E-state index contributed by atoms with van der Waals surface area (Å²) in [7, 11) is 1.61. The molecule has 3 aromatic rings. The Kier molecular flexibility index (Phi) is 5.83. The first-order valence-electron chi connectivity index (χ1n) is 11.4. The van der Waals surface area contributed by atoms with Gasteiger partial charge in [0.25, 0.3) is 0 Å². The standard InChI is InChI=1S/C25H30N2O5/c1-17(12-18-5-8-22-24(13-18)31-16-30-22)19-4-3-10-26(11-9-19)15-27-21-7-6-20(29-2)14-23(21)32-25(27)28/h5-8,13-14,17,19H,3-4,9-12,15-16H2,1-2H3. The van der Waals surface area contributed by atoms with Gasteiger partial charge in [0.1, 0.15) is 5.75 Å². The van der Waals surface area contributed by atoms with E-state index in [0.29, 0.717) is 36.6 Å². The molecule has 1 fully saturated rings. The van der Waals surface area contributed by atoms with Gasteiger partial charge in [-0.25, -0.2) is 4.79 Å². The second-order valence-electron chi connectivity index (χ2n) is 8.95. The number of ether oxygens (including phenoxy) is 3. The molecule has 0 N–H and O–H groups in total. The van der Waals surface area contributed by atoms with Crippen molar-refractivity contribution in [1.82, 2.24) is 9.47 Å². The molecule has 0 bridgehead atoms. The first-order valence-corrected chi connectivity index (χ1v) is 11.4. The fraction of sp³-hybridized carbons (Fsp3) is 0.480. The van der Waals surface area contributed by atoms with Gasteiger partial charge in [-0.15, -0.1) is 0 Å². The summed E-state index contributed by atoms with van der Waals surface area (Å²) >= 11 is 0. The summed E-state index contributed by atoms with van der Waals surface area (Å²) in [5.41, 5.74) is 2.68. The molecule has 2 unspecified atom stereocenters. The van der Waals surface area contributed by atoms with Crippen LogP contribution in [0.5, 0.6) is 17.2 Å². The van der Waals surface area contributed by atoms with Crippen LogP contribution in [0, 0.1) is 11.8 Å². The van der Waals surface area contributed by atoms with Crippen LogP contribution in [0.4, 0.5) is 0 Å². The van der Waals surface area contributed by atoms with Crippen molar-refractivity contribution in [3.05, 3.63) is 52.5 Å². The zero-order valence-electron chi connectivity index (χ0n) is 18.7. The Labute approximate surface area is 187 Å². The fourth-order valence-electron chi connectivity index (χ4n) is 5.01. The van der Waals surface area contributed by atoms with Gasteiger partial charge in [0.05, 0.1) is 19.3 Å². The predicted molar refractivity (Wildman–Crippen MR) is 121 cm³/mol. The third-order valence-electron chi connectivity index (χ3n) is 6.88. The Bertz CT molecular complexity index is 1150. The summed E-state index contributed by atoms with van der Waals surface area (Å²) in [5, 5.41) is 0. The van der Waals surface area contributed by atoms with Gasteiger partial charge in [-0.1, -0.05) is 13.0 Å². The number of fused-ring (bicyclic) bond motifs is 2. The van der Waals surface area contributed by atoms with Crippen molar-refractivity contribution >= 4 is 11.1 Å². The number of rotatable bonds is 6. The van der Waals surface area contributed by atoms with Crippen LogP contribution in [0.3, 0.4) is 0 Å². The highest BCUT2D eigenvalue weighted by molar-refractivity contribution is 5.74. The van der Waals surface area contributed by atoms with E-state index in [1.165, 1.54) is 12.0 Å². The molecule has 0 spiro atoms. The van der Waals surface area contributed by atoms with Crippen LogP contribution >= 0.6 is 0 Å². The van der Waals surface area contributed by atoms with Crippen LogP contribution in [-0.2, 0) is 13.1 Å². The first kappa shape index (κ1) is 20.9. The molecule has 1 aromatic heterocycles. The quantitative estimate of drug-likeness (QED) is 0.573. The molecular weight excluding hydrogens is 408 g/mol. The highest BCUT2D eigenvalue weighted by Crippen LogP contribution is 2.35. The van der Waals surface area contributed by atoms with E-state index >= 15 is 0 Å². The number of hydrogen-bond acceptors (Lipinski definition) is 6. The minimum absolute atomic E-state index is 0.315. The SMILES string of the molecule is COc1ccc2c(c1)oc(=O)n2CN1CCCC(C(C)Cc2ccc3c(c2)OCO3)CC1. The van der Waals surface area contributed by atoms with E-state index in [-0.39, 0.29) is 5.76 Å². The highest BCUT2D eigenvalue weighted by atomic mass is 16.7. The smallest absolute Gasteiger partial charge is 0.421 e. The normalized spacial score (nSPS) is 19.8. The minimum Gasteiger partial charge on any atom is -0.497 e. The van der Waals surface area contributed by atoms with E-state index in [4.69, 9.17) is 18.6 Å².